The minimum Gasteiger partial charge on any atom is -0.495 e. The van der Waals surface area contributed by atoms with Crippen LogP contribution in [0.5, 0.6) is 5.75 Å². The van der Waals surface area contributed by atoms with Gasteiger partial charge in [0.05, 0.1) is 24.9 Å². The number of nitrogens with one attached hydrogen (secondary N) is 2. The average molecular weight is 437 g/mol. The number of nitrogens with zero attached hydrogens (tertiary/aromatic N) is 1. The quantitative estimate of drug-likeness (QED) is 0.519. The number of hydrogen-bond acceptors (Lipinski definition) is 7. The van der Waals surface area contributed by atoms with Gasteiger partial charge >= 0.3 is 5.97 Å². The molecule has 0 bridgehead atoms. The van der Waals surface area contributed by atoms with Crippen LogP contribution in [0.2, 0.25) is 0 Å². The number of benzene rings is 2. The van der Waals surface area contributed by atoms with E-state index in [1.165, 1.54) is 7.11 Å². The lowest BCUT2D eigenvalue weighted by atomic mass is 10.1. The molecule has 2 amide bonds. The van der Waals surface area contributed by atoms with Gasteiger partial charge in [0.1, 0.15) is 11.5 Å². The standard InChI is InChI=1S/C23H23N3O6/c1-14-18(15(2)32-26-14)12-22(28)31-13-21(27)24-17-10-8-16(9-11-17)23(29)25-19-6-4-5-7-20(19)30-3/h4-11H,12-13H2,1-3H3,(H,24,27)(H,25,29). The van der Waals surface area contributed by atoms with Crippen molar-refractivity contribution in [3.63, 3.8) is 0 Å². The summed E-state index contributed by atoms with van der Waals surface area (Å²) >= 11 is 0. The van der Waals surface area contributed by atoms with Crippen LogP contribution in [0.4, 0.5) is 11.4 Å². The van der Waals surface area contributed by atoms with Gasteiger partial charge in [-0.15, -0.1) is 0 Å². The molecule has 32 heavy (non-hydrogen) atoms. The Morgan fingerprint density at radius 3 is 2.38 bits per heavy atom. The number of ether oxygens (including phenoxy) is 2. The van der Waals surface area contributed by atoms with Gasteiger partial charge in [0, 0.05) is 16.8 Å². The van der Waals surface area contributed by atoms with Gasteiger partial charge in [-0.1, -0.05) is 17.3 Å². The zero-order valence-corrected chi connectivity index (χ0v) is 17.9. The van der Waals surface area contributed by atoms with Gasteiger partial charge in [0.2, 0.25) is 0 Å². The number of rotatable bonds is 8. The van der Waals surface area contributed by atoms with Crippen molar-refractivity contribution in [3.8, 4) is 5.75 Å². The summed E-state index contributed by atoms with van der Waals surface area (Å²) < 4.78 is 15.2. The smallest absolute Gasteiger partial charge is 0.310 e. The number of carbonyl (C=O) groups excluding carboxylic acids is 3. The number of anilines is 2. The van der Waals surface area contributed by atoms with Gasteiger partial charge in [-0.3, -0.25) is 14.4 Å². The number of methoxy groups -OCH3 is 1. The predicted octanol–water partition coefficient (Wildman–Crippen LogP) is 3.28. The molecule has 0 aliphatic heterocycles. The first-order valence-electron chi connectivity index (χ1n) is 9.79. The third kappa shape index (κ3) is 5.72. The molecule has 1 aromatic heterocycles. The van der Waals surface area contributed by atoms with Gasteiger partial charge in [-0.25, -0.2) is 0 Å². The van der Waals surface area contributed by atoms with Crippen molar-refractivity contribution in [2.75, 3.05) is 24.4 Å². The minimum absolute atomic E-state index is 0.0234. The Balaban J connectivity index is 1.50. The van der Waals surface area contributed by atoms with Crippen molar-refractivity contribution < 1.29 is 28.4 Å². The van der Waals surface area contributed by atoms with Gasteiger partial charge < -0.3 is 24.6 Å². The van der Waals surface area contributed by atoms with Crippen LogP contribution in [0.3, 0.4) is 0 Å². The zero-order chi connectivity index (χ0) is 23.1. The lowest BCUT2D eigenvalue weighted by Gasteiger charge is -2.10. The van der Waals surface area contributed by atoms with Crippen molar-refractivity contribution in [1.82, 2.24) is 5.16 Å². The maximum Gasteiger partial charge on any atom is 0.310 e. The SMILES string of the molecule is COc1ccccc1NC(=O)c1ccc(NC(=O)COC(=O)Cc2c(C)noc2C)cc1. The molecule has 2 aromatic carbocycles. The molecule has 0 saturated carbocycles. The number of hydrogen-bond donors (Lipinski definition) is 2. The summed E-state index contributed by atoms with van der Waals surface area (Å²) in [5.41, 5.74) is 2.68. The number of amides is 2. The van der Waals surface area contributed by atoms with Crippen molar-refractivity contribution in [2.24, 2.45) is 0 Å². The van der Waals surface area contributed by atoms with Crippen LogP contribution in [0.25, 0.3) is 0 Å². The van der Waals surface area contributed by atoms with E-state index in [4.69, 9.17) is 14.0 Å². The average Bonchev–Trinajstić information content (AvgIpc) is 3.10. The summed E-state index contributed by atoms with van der Waals surface area (Å²) in [4.78, 5) is 36.5. The van der Waals surface area contributed by atoms with Crippen LogP contribution in [0, 0.1) is 13.8 Å². The lowest BCUT2D eigenvalue weighted by molar-refractivity contribution is -0.146. The van der Waals surface area contributed by atoms with Crippen LogP contribution in [-0.4, -0.2) is 36.7 Å². The van der Waals surface area contributed by atoms with E-state index < -0.39 is 18.5 Å². The monoisotopic (exact) mass is 437 g/mol. The molecule has 3 aromatic rings. The maximum atomic E-state index is 12.4. The van der Waals surface area contributed by atoms with E-state index in [0.29, 0.717) is 39.7 Å². The molecule has 3 rings (SSSR count). The van der Waals surface area contributed by atoms with E-state index in [1.807, 2.05) is 0 Å². The molecule has 0 spiro atoms. The highest BCUT2D eigenvalue weighted by Gasteiger charge is 2.16. The minimum atomic E-state index is -0.557. The number of aryl methyl sites for hydroxylation is 2. The highest BCUT2D eigenvalue weighted by atomic mass is 16.5. The van der Waals surface area contributed by atoms with Crippen LogP contribution in [0.15, 0.2) is 53.1 Å². The molecule has 0 aliphatic rings. The first-order chi connectivity index (χ1) is 15.4. The number of esters is 1. The third-order valence-corrected chi connectivity index (χ3v) is 4.65. The van der Waals surface area contributed by atoms with Crippen LogP contribution in [0.1, 0.15) is 27.4 Å². The number of aromatic nitrogens is 1. The number of carbonyl (C=O) groups is 3. The molecule has 1 heterocycles. The predicted molar refractivity (Wildman–Crippen MR) is 117 cm³/mol. The van der Waals surface area contributed by atoms with Crippen molar-refractivity contribution in [3.05, 3.63) is 71.1 Å². The van der Waals surface area contributed by atoms with Crippen molar-refractivity contribution >= 4 is 29.2 Å². The molecule has 166 valence electrons. The molecule has 9 heteroatoms. The zero-order valence-electron chi connectivity index (χ0n) is 17.9. The maximum absolute atomic E-state index is 12.4. The number of para-hydroxylation sites is 2. The van der Waals surface area contributed by atoms with Gasteiger partial charge in [-0.05, 0) is 50.2 Å². The Bertz CT molecular complexity index is 1100. The Labute approximate surface area is 184 Å². The molecule has 0 fully saturated rings. The van der Waals surface area contributed by atoms with E-state index in [1.54, 1.807) is 62.4 Å². The Kier molecular flexibility index (Phi) is 7.22. The molecular formula is C23H23N3O6. The topological polar surface area (TPSA) is 120 Å². The third-order valence-electron chi connectivity index (χ3n) is 4.65. The molecule has 0 atom stereocenters. The second-order valence-electron chi connectivity index (χ2n) is 6.92. The first kappa shape index (κ1) is 22.5. The van der Waals surface area contributed by atoms with Crippen LogP contribution < -0.4 is 15.4 Å². The normalized spacial score (nSPS) is 10.3. The largest absolute Gasteiger partial charge is 0.495 e. The molecule has 0 radical (unpaired) electrons. The van der Waals surface area contributed by atoms with Crippen molar-refractivity contribution in [2.45, 2.75) is 20.3 Å². The van der Waals surface area contributed by atoms with Crippen molar-refractivity contribution in [1.29, 1.82) is 0 Å². The Morgan fingerprint density at radius 2 is 1.72 bits per heavy atom. The fourth-order valence-electron chi connectivity index (χ4n) is 2.94. The summed E-state index contributed by atoms with van der Waals surface area (Å²) in [7, 11) is 1.52. The second-order valence-corrected chi connectivity index (χ2v) is 6.92. The molecule has 2 N–H and O–H groups in total. The molecule has 0 saturated heterocycles. The fraction of sp³-hybridized carbons (Fsp3) is 0.217. The summed E-state index contributed by atoms with van der Waals surface area (Å²) in [6.45, 7) is 3.00. The second kappa shape index (κ2) is 10.3. The van der Waals surface area contributed by atoms with Crippen LogP contribution >= 0.6 is 0 Å². The highest BCUT2D eigenvalue weighted by Crippen LogP contribution is 2.24. The van der Waals surface area contributed by atoms with Gasteiger partial charge in [-0.2, -0.15) is 0 Å². The fourth-order valence-corrected chi connectivity index (χ4v) is 2.94. The summed E-state index contributed by atoms with van der Waals surface area (Å²) in [5, 5.41) is 9.17. The molecule has 0 unspecified atom stereocenters. The summed E-state index contributed by atoms with van der Waals surface area (Å²) in [5.74, 6) is -0.283. The van der Waals surface area contributed by atoms with E-state index in [2.05, 4.69) is 15.8 Å². The van der Waals surface area contributed by atoms with Gasteiger partial charge in [0.15, 0.2) is 6.61 Å². The highest BCUT2D eigenvalue weighted by molar-refractivity contribution is 6.05. The summed E-state index contributed by atoms with van der Waals surface area (Å²) in [6, 6.07) is 13.4. The molecule has 9 nitrogen and oxygen atoms in total. The molecule has 0 aliphatic carbocycles. The van der Waals surface area contributed by atoms with E-state index >= 15 is 0 Å². The first-order valence-corrected chi connectivity index (χ1v) is 9.79. The Hall–Kier alpha value is -4.14. The summed E-state index contributed by atoms with van der Waals surface area (Å²) in [6.07, 6.45) is -0.0234. The van der Waals surface area contributed by atoms with E-state index in [-0.39, 0.29) is 12.3 Å². The van der Waals surface area contributed by atoms with Gasteiger partial charge in [0.25, 0.3) is 11.8 Å². The Morgan fingerprint density at radius 1 is 1.00 bits per heavy atom. The van der Waals surface area contributed by atoms with E-state index in [9.17, 15) is 14.4 Å². The van der Waals surface area contributed by atoms with E-state index in [0.717, 1.165) is 0 Å². The lowest BCUT2D eigenvalue weighted by Crippen LogP contribution is -2.22. The molecular weight excluding hydrogens is 414 g/mol. The van der Waals surface area contributed by atoms with Crippen LogP contribution in [-0.2, 0) is 20.7 Å².